The van der Waals surface area contributed by atoms with Crippen molar-refractivity contribution in [3.05, 3.63) is 24.3 Å². The Morgan fingerprint density at radius 3 is 2.65 bits per heavy atom. The molecule has 3 unspecified atom stereocenters. The lowest BCUT2D eigenvalue weighted by Gasteiger charge is -2.23. The highest BCUT2D eigenvalue weighted by Crippen LogP contribution is 2.37. The molecule has 1 fully saturated rings. The monoisotopic (exact) mass is 484 g/mol. The van der Waals surface area contributed by atoms with Crippen LogP contribution < -0.4 is 15.5 Å². The first-order chi connectivity index (χ1) is 16.2. The van der Waals surface area contributed by atoms with Gasteiger partial charge in [0, 0.05) is 43.9 Å². The highest BCUT2D eigenvalue weighted by atomic mass is 32.2. The van der Waals surface area contributed by atoms with Crippen molar-refractivity contribution in [2.24, 2.45) is 11.8 Å². The maximum atomic E-state index is 12.9. The summed E-state index contributed by atoms with van der Waals surface area (Å²) in [5.41, 5.74) is 1.66. The normalized spacial score (nSPS) is 18.2. The second-order valence-corrected chi connectivity index (χ2v) is 9.70. The van der Waals surface area contributed by atoms with Gasteiger partial charge in [0.15, 0.2) is 0 Å². The van der Waals surface area contributed by atoms with Crippen LogP contribution in [0.2, 0.25) is 0 Å². The minimum absolute atomic E-state index is 0.00411. The first kappa shape index (κ1) is 27.0. The highest BCUT2D eigenvalue weighted by Gasteiger charge is 2.40. The van der Waals surface area contributed by atoms with Crippen molar-refractivity contribution in [2.45, 2.75) is 44.2 Å². The smallest absolute Gasteiger partial charge is 0.238 e. The zero-order chi connectivity index (χ0) is 25.3. The molecule has 0 aliphatic carbocycles. The SMILES string of the molecule is CCN1C(=O)C(CCNc2cccc(N(C)C(=O)C(C)C)c2)SC1CC(C#N)C(=O)NCC#N. The van der Waals surface area contributed by atoms with Gasteiger partial charge in [-0.2, -0.15) is 10.5 Å². The Bertz CT molecular complexity index is 970. The number of nitrogens with zero attached hydrogens (tertiary/aromatic N) is 4. The van der Waals surface area contributed by atoms with Gasteiger partial charge < -0.3 is 20.4 Å². The van der Waals surface area contributed by atoms with Crippen LogP contribution in [0.3, 0.4) is 0 Å². The van der Waals surface area contributed by atoms with Gasteiger partial charge in [0.2, 0.25) is 17.7 Å². The van der Waals surface area contributed by atoms with Crippen LogP contribution in [0, 0.1) is 34.5 Å². The molecule has 1 saturated heterocycles. The lowest BCUT2D eigenvalue weighted by atomic mass is 10.1. The summed E-state index contributed by atoms with van der Waals surface area (Å²) >= 11 is 1.47. The van der Waals surface area contributed by atoms with Gasteiger partial charge in [-0.3, -0.25) is 14.4 Å². The molecule has 10 heteroatoms. The molecule has 0 radical (unpaired) electrons. The quantitative estimate of drug-likeness (QED) is 0.462. The summed E-state index contributed by atoms with van der Waals surface area (Å²) in [6, 6.07) is 11.4. The molecular formula is C24H32N6O3S. The molecule has 34 heavy (non-hydrogen) atoms. The molecular weight excluding hydrogens is 452 g/mol. The number of rotatable bonds is 11. The molecule has 0 bridgehead atoms. The summed E-state index contributed by atoms with van der Waals surface area (Å²) in [6.45, 7) is 6.51. The second kappa shape index (κ2) is 12.9. The molecule has 1 aromatic carbocycles. The van der Waals surface area contributed by atoms with Gasteiger partial charge >= 0.3 is 0 Å². The van der Waals surface area contributed by atoms with Crippen LogP contribution in [-0.2, 0) is 14.4 Å². The molecule has 3 atom stereocenters. The number of thioether (sulfide) groups is 1. The average molecular weight is 485 g/mol. The molecule has 1 aromatic rings. The van der Waals surface area contributed by atoms with Crippen LogP contribution in [0.1, 0.15) is 33.6 Å². The van der Waals surface area contributed by atoms with Crippen molar-refractivity contribution in [2.75, 3.05) is 36.9 Å². The standard InChI is InChI=1S/C24H32N6O3S/c1-5-30-21(13-17(15-26)22(31)28-12-10-25)34-20(24(30)33)9-11-27-18-7-6-8-19(14-18)29(4)23(32)16(2)3/h6-8,14,16-17,20-21,27H,5,9,11-13H2,1-4H3,(H,28,31). The lowest BCUT2D eigenvalue weighted by molar-refractivity contribution is -0.131. The third-order valence-corrected chi connectivity index (χ3v) is 7.14. The first-order valence-corrected chi connectivity index (χ1v) is 12.3. The van der Waals surface area contributed by atoms with E-state index in [-0.39, 0.29) is 41.3 Å². The number of carbonyl (C=O) groups excluding carboxylic acids is 3. The fraction of sp³-hybridized carbons (Fsp3) is 0.542. The van der Waals surface area contributed by atoms with Crippen LogP contribution >= 0.6 is 11.8 Å². The molecule has 9 nitrogen and oxygen atoms in total. The summed E-state index contributed by atoms with van der Waals surface area (Å²) in [5, 5.41) is 23.2. The molecule has 1 heterocycles. The number of hydrogen-bond donors (Lipinski definition) is 2. The van der Waals surface area contributed by atoms with Gasteiger partial charge in [-0.25, -0.2) is 0 Å². The third-order valence-electron chi connectivity index (χ3n) is 5.61. The van der Waals surface area contributed by atoms with Crippen molar-refractivity contribution in [3.8, 4) is 12.1 Å². The van der Waals surface area contributed by atoms with Gasteiger partial charge in [-0.15, -0.1) is 11.8 Å². The van der Waals surface area contributed by atoms with Gasteiger partial charge in [0.25, 0.3) is 0 Å². The number of anilines is 2. The molecule has 2 rings (SSSR count). The Labute approximate surface area is 205 Å². The molecule has 0 saturated carbocycles. The predicted molar refractivity (Wildman–Crippen MR) is 133 cm³/mol. The van der Waals surface area contributed by atoms with Gasteiger partial charge in [-0.1, -0.05) is 19.9 Å². The third kappa shape index (κ3) is 6.88. The Morgan fingerprint density at radius 1 is 1.29 bits per heavy atom. The minimum atomic E-state index is -0.919. The zero-order valence-corrected chi connectivity index (χ0v) is 20.9. The number of nitriles is 2. The van der Waals surface area contributed by atoms with Gasteiger partial charge in [-0.05, 0) is 31.5 Å². The Kier molecular flexibility index (Phi) is 10.2. The maximum absolute atomic E-state index is 12.9. The number of carbonyl (C=O) groups is 3. The van der Waals surface area contributed by atoms with Crippen LogP contribution in [0.4, 0.5) is 11.4 Å². The number of nitrogens with one attached hydrogen (secondary N) is 2. The van der Waals surface area contributed by atoms with E-state index in [1.807, 2.05) is 57.2 Å². The zero-order valence-electron chi connectivity index (χ0n) is 20.1. The summed E-state index contributed by atoms with van der Waals surface area (Å²) < 4.78 is 0. The molecule has 0 spiro atoms. The van der Waals surface area contributed by atoms with E-state index in [1.165, 1.54) is 11.8 Å². The fourth-order valence-electron chi connectivity index (χ4n) is 3.74. The van der Waals surface area contributed by atoms with Crippen LogP contribution in [0.25, 0.3) is 0 Å². The van der Waals surface area contributed by atoms with Crippen molar-refractivity contribution >= 4 is 40.9 Å². The van der Waals surface area contributed by atoms with Crippen LogP contribution in [0.5, 0.6) is 0 Å². The molecule has 1 aliphatic rings. The Balaban J connectivity index is 1.96. The summed E-state index contributed by atoms with van der Waals surface area (Å²) in [7, 11) is 1.75. The topological polar surface area (TPSA) is 129 Å². The van der Waals surface area contributed by atoms with Crippen molar-refractivity contribution in [1.82, 2.24) is 10.2 Å². The minimum Gasteiger partial charge on any atom is -0.385 e. The first-order valence-electron chi connectivity index (χ1n) is 11.3. The highest BCUT2D eigenvalue weighted by molar-refractivity contribution is 8.01. The van der Waals surface area contributed by atoms with E-state index >= 15 is 0 Å². The van der Waals surface area contributed by atoms with Gasteiger partial charge in [0.1, 0.15) is 12.5 Å². The second-order valence-electron chi connectivity index (χ2n) is 8.31. The van der Waals surface area contributed by atoms with Crippen molar-refractivity contribution in [3.63, 3.8) is 0 Å². The largest absolute Gasteiger partial charge is 0.385 e. The predicted octanol–water partition coefficient (Wildman–Crippen LogP) is 2.57. The number of benzene rings is 1. The van der Waals surface area contributed by atoms with Crippen LogP contribution in [0.15, 0.2) is 24.3 Å². The van der Waals surface area contributed by atoms with E-state index in [0.717, 1.165) is 11.4 Å². The van der Waals surface area contributed by atoms with E-state index in [1.54, 1.807) is 16.8 Å². The molecule has 1 aliphatic heterocycles. The van der Waals surface area contributed by atoms with E-state index in [9.17, 15) is 19.6 Å². The number of hydrogen-bond acceptors (Lipinski definition) is 7. The average Bonchev–Trinajstić information content (AvgIpc) is 3.13. The molecule has 2 N–H and O–H groups in total. The van der Waals surface area contributed by atoms with Crippen molar-refractivity contribution < 1.29 is 14.4 Å². The Hall–Kier alpha value is -3.24. The van der Waals surface area contributed by atoms with Crippen LogP contribution in [-0.4, -0.2) is 59.9 Å². The van der Waals surface area contributed by atoms with Gasteiger partial charge in [0.05, 0.1) is 22.8 Å². The Morgan fingerprint density at radius 2 is 2.03 bits per heavy atom. The summed E-state index contributed by atoms with van der Waals surface area (Å²) in [6.07, 6.45) is 0.805. The summed E-state index contributed by atoms with van der Waals surface area (Å²) in [5.74, 6) is -1.46. The molecule has 182 valence electrons. The van der Waals surface area contributed by atoms with E-state index in [2.05, 4.69) is 10.6 Å². The van der Waals surface area contributed by atoms with E-state index in [0.29, 0.717) is 19.5 Å². The maximum Gasteiger partial charge on any atom is 0.238 e. The molecule has 3 amide bonds. The lowest BCUT2D eigenvalue weighted by Crippen LogP contribution is -2.38. The number of amides is 3. The summed E-state index contributed by atoms with van der Waals surface area (Å²) in [4.78, 5) is 40.6. The fourth-order valence-corrected chi connectivity index (χ4v) is 5.33. The molecule has 0 aromatic heterocycles. The van der Waals surface area contributed by atoms with Crippen molar-refractivity contribution in [1.29, 1.82) is 10.5 Å². The van der Waals surface area contributed by atoms with E-state index < -0.39 is 11.8 Å². The van der Waals surface area contributed by atoms with E-state index in [4.69, 9.17) is 5.26 Å².